The van der Waals surface area contributed by atoms with E-state index in [2.05, 4.69) is 20.8 Å². The molecular weight excluding hydrogens is 192 g/mol. The predicted molar refractivity (Wildman–Crippen MR) is 75.9 cm³/mol. The molecule has 0 amide bonds. The zero-order chi connectivity index (χ0) is 12.1. The zero-order valence-electron chi connectivity index (χ0n) is 12.1. The van der Waals surface area contributed by atoms with Crippen molar-refractivity contribution in [1.82, 2.24) is 0 Å². The second-order valence-corrected chi connectivity index (χ2v) is 5.33. The van der Waals surface area contributed by atoms with Gasteiger partial charge < -0.3 is 0 Å². The SMILES string of the molecule is CCCCCCCCCC(CC)CCCC. The van der Waals surface area contributed by atoms with Gasteiger partial charge in [-0.15, -0.1) is 0 Å². The highest BCUT2D eigenvalue weighted by Crippen LogP contribution is 2.20. The summed E-state index contributed by atoms with van der Waals surface area (Å²) in [5, 5.41) is 0. The lowest BCUT2D eigenvalue weighted by Gasteiger charge is -2.13. The number of hydrogen-bond donors (Lipinski definition) is 0. The molecule has 0 aliphatic carbocycles. The summed E-state index contributed by atoms with van der Waals surface area (Å²) in [5.41, 5.74) is 0. The summed E-state index contributed by atoms with van der Waals surface area (Å²) >= 11 is 0. The van der Waals surface area contributed by atoms with Gasteiger partial charge >= 0.3 is 0 Å². The van der Waals surface area contributed by atoms with Crippen LogP contribution in [0.15, 0.2) is 0 Å². The third-order valence-electron chi connectivity index (χ3n) is 3.76. The van der Waals surface area contributed by atoms with Crippen LogP contribution in [0.1, 0.15) is 97.8 Å². The van der Waals surface area contributed by atoms with E-state index in [9.17, 15) is 0 Å². The van der Waals surface area contributed by atoms with E-state index < -0.39 is 0 Å². The first-order chi connectivity index (χ1) is 7.85. The first-order valence-electron chi connectivity index (χ1n) is 7.85. The van der Waals surface area contributed by atoms with Gasteiger partial charge in [0.05, 0.1) is 0 Å². The van der Waals surface area contributed by atoms with E-state index in [4.69, 9.17) is 0 Å². The Hall–Kier alpha value is 0. The molecule has 0 N–H and O–H groups in total. The van der Waals surface area contributed by atoms with Crippen molar-refractivity contribution in [2.45, 2.75) is 97.8 Å². The number of unbranched alkanes of at least 4 members (excludes halogenated alkanes) is 7. The third-order valence-corrected chi connectivity index (χ3v) is 3.76. The van der Waals surface area contributed by atoms with E-state index in [1.54, 1.807) is 0 Å². The number of rotatable bonds is 12. The van der Waals surface area contributed by atoms with Crippen LogP contribution in [0.3, 0.4) is 0 Å². The van der Waals surface area contributed by atoms with Crippen molar-refractivity contribution in [2.24, 2.45) is 5.92 Å². The largest absolute Gasteiger partial charge is 0.0654 e. The summed E-state index contributed by atoms with van der Waals surface area (Å²) in [6.45, 7) is 6.96. The van der Waals surface area contributed by atoms with E-state index in [0.29, 0.717) is 0 Å². The smallest absolute Gasteiger partial charge is 0.0417 e. The van der Waals surface area contributed by atoms with Crippen molar-refractivity contribution in [3.63, 3.8) is 0 Å². The summed E-state index contributed by atoms with van der Waals surface area (Å²) in [5.74, 6) is 1.02. The fourth-order valence-corrected chi connectivity index (χ4v) is 2.44. The standard InChI is InChI=1S/C16H34/c1-4-7-9-10-11-12-13-15-16(6-3)14-8-5-2/h16H,4-15H2,1-3H3. The van der Waals surface area contributed by atoms with Crippen molar-refractivity contribution in [3.05, 3.63) is 0 Å². The highest BCUT2D eigenvalue weighted by Gasteiger charge is 2.04. The topological polar surface area (TPSA) is 0 Å². The van der Waals surface area contributed by atoms with Crippen LogP contribution in [0.25, 0.3) is 0 Å². The molecular formula is C16H34. The molecule has 0 heteroatoms. The monoisotopic (exact) mass is 226 g/mol. The molecule has 0 spiro atoms. The molecule has 0 nitrogen and oxygen atoms in total. The maximum absolute atomic E-state index is 2.36. The Kier molecular flexibility index (Phi) is 13.1. The summed E-state index contributed by atoms with van der Waals surface area (Å²) in [7, 11) is 0. The van der Waals surface area contributed by atoms with Crippen LogP contribution in [0.4, 0.5) is 0 Å². The van der Waals surface area contributed by atoms with Gasteiger partial charge in [0.1, 0.15) is 0 Å². The summed E-state index contributed by atoms with van der Waals surface area (Å²) < 4.78 is 0. The van der Waals surface area contributed by atoms with Crippen LogP contribution < -0.4 is 0 Å². The molecule has 98 valence electrons. The Morgan fingerprint density at radius 3 is 1.62 bits per heavy atom. The Bertz CT molecular complexity index is 117. The van der Waals surface area contributed by atoms with Gasteiger partial charge in [-0.1, -0.05) is 97.8 Å². The molecule has 1 atom stereocenters. The van der Waals surface area contributed by atoms with Gasteiger partial charge in [0.2, 0.25) is 0 Å². The minimum Gasteiger partial charge on any atom is -0.0654 e. The van der Waals surface area contributed by atoms with Gasteiger partial charge in [0, 0.05) is 0 Å². The fraction of sp³-hybridized carbons (Fsp3) is 1.00. The average Bonchev–Trinajstić information content (AvgIpc) is 2.32. The van der Waals surface area contributed by atoms with Gasteiger partial charge in [-0.3, -0.25) is 0 Å². The lowest BCUT2D eigenvalue weighted by molar-refractivity contribution is 0.399. The molecule has 0 aromatic rings. The summed E-state index contributed by atoms with van der Waals surface area (Å²) in [6, 6.07) is 0. The minimum atomic E-state index is 1.02. The van der Waals surface area contributed by atoms with Crippen molar-refractivity contribution < 1.29 is 0 Å². The van der Waals surface area contributed by atoms with Gasteiger partial charge in [-0.25, -0.2) is 0 Å². The van der Waals surface area contributed by atoms with E-state index >= 15 is 0 Å². The molecule has 0 fully saturated rings. The maximum Gasteiger partial charge on any atom is -0.0417 e. The van der Waals surface area contributed by atoms with Crippen LogP contribution >= 0.6 is 0 Å². The second-order valence-electron chi connectivity index (χ2n) is 5.33. The number of hydrogen-bond acceptors (Lipinski definition) is 0. The molecule has 0 saturated carbocycles. The molecule has 16 heavy (non-hydrogen) atoms. The average molecular weight is 226 g/mol. The molecule has 0 radical (unpaired) electrons. The third kappa shape index (κ3) is 10.5. The molecule has 0 aliphatic rings. The molecule has 0 saturated heterocycles. The highest BCUT2D eigenvalue weighted by atomic mass is 14.1. The second kappa shape index (κ2) is 13.1. The van der Waals surface area contributed by atoms with Gasteiger partial charge in [0.15, 0.2) is 0 Å². The fourth-order valence-electron chi connectivity index (χ4n) is 2.44. The Morgan fingerprint density at radius 2 is 1.06 bits per heavy atom. The Labute approximate surface area is 104 Å². The van der Waals surface area contributed by atoms with E-state index in [1.807, 2.05) is 0 Å². The molecule has 0 bridgehead atoms. The van der Waals surface area contributed by atoms with Gasteiger partial charge in [-0.2, -0.15) is 0 Å². The minimum absolute atomic E-state index is 1.02. The van der Waals surface area contributed by atoms with E-state index in [0.717, 1.165) is 5.92 Å². The van der Waals surface area contributed by atoms with Crippen molar-refractivity contribution in [2.75, 3.05) is 0 Å². The molecule has 0 aromatic heterocycles. The van der Waals surface area contributed by atoms with E-state index in [-0.39, 0.29) is 0 Å². The van der Waals surface area contributed by atoms with Crippen LogP contribution in [0.2, 0.25) is 0 Å². The van der Waals surface area contributed by atoms with Crippen molar-refractivity contribution in [1.29, 1.82) is 0 Å². The van der Waals surface area contributed by atoms with Crippen LogP contribution in [0, 0.1) is 5.92 Å². The lowest BCUT2D eigenvalue weighted by Crippen LogP contribution is -1.98. The quantitative estimate of drug-likeness (QED) is 0.340. The maximum atomic E-state index is 2.36. The van der Waals surface area contributed by atoms with Crippen LogP contribution in [-0.4, -0.2) is 0 Å². The molecule has 1 unspecified atom stereocenters. The Morgan fingerprint density at radius 1 is 0.562 bits per heavy atom. The summed E-state index contributed by atoms with van der Waals surface area (Å²) in [6.07, 6.45) is 17.3. The first-order valence-corrected chi connectivity index (χ1v) is 7.85. The van der Waals surface area contributed by atoms with Gasteiger partial charge in [0.25, 0.3) is 0 Å². The molecule has 0 rings (SSSR count). The zero-order valence-corrected chi connectivity index (χ0v) is 12.1. The van der Waals surface area contributed by atoms with Crippen molar-refractivity contribution >= 4 is 0 Å². The normalized spacial score (nSPS) is 12.9. The van der Waals surface area contributed by atoms with Gasteiger partial charge in [-0.05, 0) is 5.92 Å². The van der Waals surface area contributed by atoms with Crippen LogP contribution in [0.5, 0.6) is 0 Å². The highest BCUT2D eigenvalue weighted by molar-refractivity contribution is 4.58. The molecule has 0 aliphatic heterocycles. The van der Waals surface area contributed by atoms with Crippen molar-refractivity contribution in [3.8, 4) is 0 Å². The van der Waals surface area contributed by atoms with E-state index in [1.165, 1.54) is 77.0 Å². The Balaban J connectivity index is 3.20. The van der Waals surface area contributed by atoms with Crippen LogP contribution in [-0.2, 0) is 0 Å². The molecule has 0 heterocycles. The lowest BCUT2D eigenvalue weighted by atomic mass is 9.93. The predicted octanol–water partition coefficient (Wildman–Crippen LogP) is 6.34. The summed E-state index contributed by atoms with van der Waals surface area (Å²) in [4.78, 5) is 0. The molecule has 0 aromatic carbocycles. The first kappa shape index (κ1) is 16.0.